The summed E-state index contributed by atoms with van der Waals surface area (Å²) in [4.78, 5) is 42.7. The average molecular weight is 388 g/mol. The highest BCUT2D eigenvalue weighted by Crippen LogP contribution is 2.24. The van der Waals surface area contributed by atoms with Crippen molar-refractivity contribution in [3.8, 4) is 0 Å². The van der Waals surface area contributed by atoms with Crippen molar-refractivity contribution in [1.29, 1.82) is 0 Å². The van der Waals surface area contributed by atoms with Crippen LogP contribution in [0, 0.1) is 0 Å². The van der Waals surface area contributed by atoms with Gasteiger partial charge in [0.1, 0.15) is 11.5 Å². The third-order valence-corrected chi connectivity index (χ3v) is 3.61. The number of aliphatic hydroxyl groups is 4. The second-order valence-corrected chi connectivity index (χ2v) is 5.74. The van der Waals surface area contributed by atoms with E-state index in [1.165, 1.54) is 42.3 Å². The van der Waals surface area contributed by atoms with Crippen LogP contribution in [0.1, 0.15) is 11.1 Å². The van der Waals surface area contributed by atoms with Crippen molar-refractivity contribution < 1.29 is 44.6 Å². The number of carbonyl (C=O) groups is 2. The molecule has 0 atom stereocenters. The summed E-state index contributed by atoms with van der Waals surface area (Å²) in [5, 5.41) is 39.4. The molecule has 0 saturated carbocycles. The molecular formula is C19H16O9. The maximum Gasteiger partial charge on any atom is 0.419 e. The van der Waals surface area contributed by atoms with E-state index in [1.54, 1.807) is 24.3 Å². The predicted molar refractivity (Wildman–Crippen MR) is 92.2 cm³/mol. The molecule has 0 fully saturated rings. The van der Waals surface area contributed by atoms with Gasteiger partial charge in [-0.05, 0) is 11.1 Å². The summed E-state index contributed by atoms with van der Waals surface area (Å²) < 4.78 is 0. The first-order valence-corrected chi connectivity index (χ1v) is 7.86. The van der Waals surface area contributed by atoms with Gasteiger partial charge in [0.15, 0.2) is 0 Å². The smallest absolute Gasteiger partial charge is 0.356 e. The fourth-order valence-electron chi connectivity index (χ4n) is 2.19. The van der Waals surface area contributed by atoms with Crippen LogP contribution in [0.25, 0.3) is 5.57 Å². The Labute approximate surface area is 158 Å². The summed E-state index contributed by atoms with van der Waals surface area (Å²) in [6, 6.07) is 15.0. The monoisotopic (exact) mass is 388 g/mol. The third kappa shape index (κ3) is 4.89. The van der Waals surface area contributed by atoms with Crippen molar-refractivity contribution in [3.63, 3.8) is 0 Å². The maximum atomic E-state index is 11.9. The lowest BCUT2D eigenvalue weighted by Gasteiger charge is -2.21. The number of carbonyl (C=O) groups excluding carboxylic acids is 3. The van der Waals surface area contributed by atoms with E-state index in [4.69, 9.17) is 0 Å². The molecule has 0 radical (unpaired) electrons. The molecule has 146 valence electrons. The second kappa shape index (κ2) is 8.57. The zero-order valence-electron chi connectivity index (χ0n) is 14.3. The van der Waals surface area contributed by atoms with Crippen molar-refractivity contribution in [2.24, 2.45) is 0 Å². The number of rotatable bonds is 6. The topological polar surface area (TPSA) is 151 Å². The van der Waals surface area contributed by atoms with E-state index in [0.29, 0.717) is 5.56 Å². The Kier molecular flexibility index (Phi) is 6.42. The number of hydrogen-bond donors (Lipinski definition) is 4. The van der Waals surface area contributed by atoms with Gasteiger partial charge in [0.2, 0.25) is 0 Å². The number of benzene rings is 2. The molecule has 0 bridgehead atoms. The van der Waals surface area contributed by atoms with Crippen molar-refractivity contribution in [2.75, 3.05) is 0 Å². The van der Waals surface area contributed by atoms with E-state index in [-0.39, 0.29) is 5.56 Å². The van der Waals surface area contributed by atoms with Crippen LogP contribution in [0.3, 0.4) is 0 Å². The highest BCUT2D eigenvalue weighted by molar-refractivity contribution is 6.03. The minimum Gasteiger partial charge on any atom is -0.356 e. The number of hydrogen-bond acceptors (Lipinski definition) is 9. The fourth-order valence-corrected chi connectivity index (χ4v) is 2.19. The van der Waals surface area contributed by atoms with Crippen molar-refractivity contribution in [3.05, 3.63) is 71.8 Å². The van der Waals surface area contributed by atoms with Gasteiger partial charge in [0, 0.05) is 6.42 Å². The summed E-state index contributed by atoms with van der Waals surface area (Å²) in [5.74, 6) is -9.08. The molecule has 28 heavy (non-hydrogen) atoms. The van der Waals surface area contributed by atoms with Gasteiger partial charge in [0.25, 0.3) is 5.79 Å². The molecule has 0 aliphatic heterocycles. The molecular weight excluding hydrogens is 372 g/mol. The summed E-state index contributed by atoms with van der Waals surface area (Å²) in [6.07, 6.45) is -0.586. The van der Waals surface area contributed by atoms with E-state index in [1.807, 2.05) is 0 Å². The lowest BCUT2D eigenvalue weighted by Crippen LogP contribution is -2.45. The van der Waals surface area contributed by atoms with E-state index < -0.39 is 35.5 Å². The van der Waals surface area contributed by atoms with Gasteiger partial charge in [-0.15, -0.1) is 0 Å². The zero-order valence-corrected chi connectivity index (χ0v) is 14.3. The Morgan fingerprint density at radius 3 is 1.86 bits per heavy atom. The molecule has 0 amide bonds. The fraction of sp³-hybridized carbons (Fsp3) is 0.158. The minimum absolute atomic E-state index is 0.0477. The van der Waals surface area contributed by atoms with Gasteiger partial charge in [-0.2, -0.15) is 0 Å². The Balaban J connectivity index is 2.05. The summed E-state index contributed by atoms with van der Waals surface area (Å²) in [5.41, 5.74) is -0.573. The van der Waals surface area contributed by atoms with Crippen LogP contribution >= 0.6 is 0 Å². The molecule has 0 aliphatic carbocycles. The SMILES string of the molecule is O=C=C(c1ccccc1)C(O)(O)C(=O)OOC(=O)C(O)(O)Cc1ccccc1. The van der Waals surface area contributed by atoms with Gasteiger partial charge < -0.3 is 20.4 Å². The normalized spacial score (nSPS) is 11.3. The van der Waals surface area contributed by atoms with Crippen LogP contribution in [0.4, 0.5) is 0 Å². The summed E-state index contributed by atoms with van der Waals surface area (Å²) in [6.45, 7) is 0. The molecule has 0 unspecified atom stereocenters. The molecule has 9 heteroatoms. The Morgan fingerprint density at radius 1 is 0.821 bits per heavy atom. The van der Waals surface area contributed by atoms with E-state index in [0.717, 1.165) is 0 Å². The van der Waals surface area contributed by atoms with Crippen LogP contribution in [0.5, 0.6) is 0 Å². The van der Waals surface area contributed by atoms with Gasteiger partial charge >= 0.3 is 17.7 Å². The molecule has 0 aliphatic rings. The van der Waals surface area contributed by atoms with Crippen LogP contribution < -0.4 is 0 Å². The van der Waals surface area contributed by atoms with E-state index in [2.05, 4.69) is 9.78 Å². The van der Waals surface area contributed by atoms with Crippen molar-refractivity contribution in [2.45, 2.75) is 18.0 Å². The second-order valence-electron chi connectivity index (χ2n) is 5.74. The highest BCUT2D eigenvalue weighted by Gasteiger charge is 2.45. The summed E-state index contributed by atoms with van der Waals surface area (Å²) in [7, 11) is 0. The van der Waals surface area contributed by atoms with E-state index in [9.17, 15) is 34.8 Å². The van der Waals surface area contributed by atoms with Gasteiger partial charge in [-0.25, -0.2) is 24.2 Å². The Bertz CT molecular complexity index is 882. The van der Waals surface area contributed by atoms with E-state index >= 15 is 0 Å². The first kappa shape index (κ1) is 21.0. The lowest BCUT2D eigenvalue weighted by molar-refractivity contribution is -0.302. The van der Waals surface area contributed by atoms with Crippen LogP contribution in [-0.4, -0.2) is 49.9 Å². The maximum absolute atomic E-state index is 11.9. The standard InChI is InChI=1S/C19H16O9/c20-12-15(14-9-5-2-6-10-14)19(25,26)17(22)28-27-16(21)18(23,24)11-13-7-3-1-4-8-13/h1-10,23-26H,11H2. The molecule has 0 heterocycles. The molecule has 2 aromatic rings. The van der Waals surface area contributed by atoms with Crippen molar-refractivity contribution in [1.82, 2.24) is 0 Å². The molecule has 2 aromatic carbocycles. The molecule has 2 rings (SSSR count). The quantitative estimate of drug-likeness (QED) is 0.222. The third-order valence-electron chi connectivity index (χ3n) is 3.61. The molecule has 4 N–H and O–H groups in total. The first-order chi connectivity index (χ1) is 13.2. The first-order valence-electron chi connectivity index (χ1n) is 7.86. The minimum atomic E-state index is -3.50. The van der Waals surface area contributed by atoms with Gasteiger partial charge in [-0.3, -0.25) is 0 Å². The average Bonchev–Trinajstić information content (AvgIpc) is 2.67. The van der Waals surface area contributed by atoms with Crippen molar-refractivity contribution >= 4 is 23.5 Å². The lowest BCUT2D eigenvalue weighted by atomic mass is 9.99. The van der Waals surface area contributed by atoms with Gasteiger partial charge in [0.05, 0.1) is 0 Å². The Morgan fingerprint density at radius 2 is 1.32 bits per heavy atom. The van der Waals surface area contributed by atoms with Crippen LogP contribution in [0.15, 0.2) is 60.7 Å². The molecule has 0 saturated heterocycles. The van der Waals surface area contributed by atoms with Crippen LogP contribution in [0.2, 0.25) is 0 Å². The zero-order chi connectivity index (χ0) is 20.8. The van der Waals surface area contributed by atoms with Crippen LogP contribution in [-0.2, 0) is 30.6 Å². The molecule has 0 spiro atoms. The molecule has 0 aromatic heterocycles. The largest absolute Gasteiger partial charge is 0.419 e. The Hall–Kier alpha value is -3.33. The predicted octanol–water partition coefficient (Wildman–Crippen LogP) is -0.493. The molecule has 9 nitrogen and oxygen atoms in total. The summed E-state index contributed by atoms with van der Waals surface area (Å²) >= 11 is 0. The van der Waals surface area contributed by atoms with Gasteiger partial charge in [-0.1, -0.05) is 60.7 Å². The highest BCUT2D eigenvalue weighted by atomic mass is 17.2.